The smallest absolute Gasteiger partial charge is 0.166 e. The van der Waals surface area contributed by atoms with Crippen LogP contribution in [0.25, 0.3) is 0 Å². The van der Waals surface area contributed by atoms with E-state index in [-0.39, 0.29) is 12.1 Å². The Balaban J connectivity index is 1.86. The Labute approximate surface area is 135 Å². The van der Waals surface area contributed by atoms with Gasteiger partial charge in [0.05, 0.1) is 23.8 Å². The quantitative estimate of drug-likeness (QED) is 0.824. The maximum atomic E-state index is 11.8. The molecule has 122 valence electrons. The highest BCUT2D eigenvalue weighted by Gasteiger charge is 2.72. The van der Waals surface area contributed by atoms with Gasteiger partial charge in [0.2, 0.25) is 0 Å². The second-order valence-electron chi connectivity index (χ2n) is 7.50. The van der Waals surface area contributed by atoms with Crippen LogP contribution in [0.2, 0.25) is 0 Å². The van der Waals surface area contributed by atoms with Crippen LogP contribution in [0.1, 0.15) is 30.4 Å². The summed E-state index contributed by atoms with van der Waals surface area (Å²) in [6.45, 7) is 0.927. The fourth-order valence-electron chi connectivity index (χ4n) is 5.72. The molecule has 4 aliphatic rings. The van der Waals surface area contributed by atoms with Gasteiger partial charge in [-0.05, 0) is 50.9 Å². The van der Waals surface area contributed by atoms with E-state index in [4.69, 9.17) is 14.9 Å². The molecule has 2 heterocycles. The summed E-state index contributed by atoms with van der Waals surface area (Å²) < 4.78 is 11.8. The van der Waals surface area contributed by atoms with Crippen molar-refractivity contribution in [3.05, 3.63) is 23.3 Å². The molecule has 2 aliphatic carbocycles. The molecule has 5 heteroatoms. The standard InChI is InChI=1S/C18H22N2O3/c1-20-8-7-17-14-10-3-4-12(22-2)15(14)23-16(17)11(19)5-6-18(17,21)13(20)9-10/h3-4,13,16,19,21H,5-9H2,1-2H3/t13-,16+,17+,18-/m1/s1. The zero-order chi connectivity index (χ0) is 16.0. The Bertz CT molecular complexity index is 733. The third-order valence-corrected chi connectivity index (χ3v) is 6.78. The van der Waals surface area contributed by atoms with Crippen molar-refractivity contribution in [2.75, 3.05) is 20.7 Å². The molecular formula is C18H22N2O3. The number of nitrogens with one attached hydrogen (secondary N) is 1. The lowest BCUT2D eigenvalue weighted by atomic mass is 9.49. The first-order chi connectivity index (χ1) is 11.0. The summed E-state index contributed by atoms with van der Waals surface area (Å²) >= 11 is 0. The fraction of sp³-hybridized carbons (Fsp3) is 0.611. The van der Waals surface area contributed by atoms with E-state index < -0.39 is 11.0 Å². The van der Waals surface area contributed by atoms with Crippen molar-refractivity contribution in [1.82, 2.24) is 4.90 Å². The van der Waals surface area contributed by atoms with E-state index in [0.717, 1.165) is 36.4 Å². The van der Waals surface area contributed by atoms with Crippen molar-refractivity contribution in [2.45, 2.75) is 48.8 Å². The molecule has 2 fully saturated rings. The molecule has 2 aliphatic heterocycles. The summed E-state index contributed by atoms with van der Waals surface area (Å²) in [7, 11) is 3.76. The van der Waals surface area contributed by atoms with E-state index in [9.17, 15) is 5.11 Å². The molecule has 23 heavy (non-hydrogen) atoms. The molecule has 0 radical (unpaired) electrons. The second-order valence-corrected chi connectivity index (χ2v) is 7.50. The maximum absolute atomic E-state index is 11.8. The Hall–Kier alpha value is -1.59. The van der Waals surface area contributed by atoms with Crippen LogP contribution >= 0.6 is 0 Å². The van der Waals surface area contributed by atoms with Crippen molar-refractivity contribution in [2.24, 2.45) is 0 Å². The molecule has 0 amide bonds. The fourth-order valence-corrected chi connectivity index (χ4v) is 5.72. The average molecular weight is 314 g/mol. The van der Waals surface area contributed by atoms with Gasteiger partial charge in [-0.1, -0.05) is 6.07 Å². The third-order valence-electron chi connectivity index (χ3n) is 6.78. The van der Waals surface area contributed by atoms with Crippen LogP contribution in [0, 0.1) is 5.41 Å². The molecule has 1 saturated heterocycles. The monoisotopic (exact) mass is 314 g/mol. The zero-order valence-corrected chi connectivity index (χ0v) is 13.6. The molecule has 1 aromatic rings. The normalized spacial score (nSPS) is 40.6. The number of hydrogen-bond acceptors (Lipinski definition) is 5. The second kappa shape index (κ2) is 4.08. The lowest BCUT2D eigenvalue weighted by Gasteiger charge is -2.62. The number of likely N-dealkylation sites (N-methyl/N-ethyl adjacent to an activating group) is 1. The van der Waals surface area contributed by atoms with Gasteiger partial charge < -0.3 is 24.9 Å². The minimum absolute atomic E-state index is 0.0993. The van der Waals surface area contributed by atoms with Gasteiger partial charge in [-0.25, -0.2) is 0 Å². The number of nitrogens with zero attached hydrogens (tertiary/aromatic N) is 1. The van der Waals surface area contributed by atoms with Gasteiger partial charge in [-0.3, -0.25) is 0 Å². The van der Waals surface area contributed by atoms with Gasteiger partial charge in [0.25, 0.3) is 0 Å². The number of ether oxygens (including phenoxy) is 2. The zero-order valence-electron chi connectivity index (χ0n) is 13.6. The largest absolute Gasteiger partial charge is 0.493 e. The number of aliphatic hydroxyl groups is 1. The third kappa shape index (κ3) is 1.32. The Morgan fingerprint density at radius 3 is 3.00 bits per heavy atom. The van der Waals surface area contributed by atoms with Crippen molar-refractivity contribution in [1.29, 1.82) is 5.41 Å². The summed E-state index contributed by atoms with van der Waals surface area (Å²) in [6.07, 6.45) is 2.58. The lowest BCUT2D eigenvalue weighted by molar-refractivity contribution is -0.160. The van der Waals surface area contributed by atoms with Crippen molar-refractivity contribution in [3.8, 4) is 11.5 Å². The molecule has 5 nitrogen and oxygen atoms in total. The van der Waals surface area contributed by atoms with Gasteiger partial charge in [-0.2, -0.15) is 0 Å². The Morgan fingerprint density at radius 1 is 1.39 bits per heavy atom. The van der Waals surface area contributed by atoms with Gasteiger partial charge in [0.1, 0.15) is 6.10 Å². The maximum Gasteiger partial charge on any atom is 0.166 e. The molecule has 1 spiro atoms. The Kier molecular flexibility index (Phi) is 2.45. The molecule has 1 saturated carbocycles. The van der Waals surface area contributed by atoms with Gasteiger partial charge in [0.15, 0.2) is 11.5 Å². The van der Waals surface area contributed by atoms with Crippen molar-refractivity contribution >= 4 is 5.71 Å². The van der Waals surface area contributed by atoms with Crippen LogP contribution in [-0.2, 0) is 11.8 Å². The van der Waals surface area contributed by atoms with Crippen LogP contribution in [0.15, 0.2) is 12.1 Å². The molecule has 2 N–H and O–H groups in total. The number of hydrogen-bond donors (Lipinski definition) is 2. The van der Waals surface area contributed by atoms with Gasteiger partial charge in [0, 0.05) is 11.6 Å². The molecule has 1 aromatic carbocycles. The van der Waals surface area contributed by atoms with Crippen molar-refractivity contribution < 1.29 is 14.6 Å². The van der Waals surface area contributed by atoms with Crippen LogP contribution in [0.4, 0.5) is 0 Å². The van der Waals surface area contributed by atoms with E-state index in [0.29, 0.717) is 18.6 Å². The summed E-state index contributed by atoms with van der Waals surface area (Å²) in [4.78, 5) is 2.29. The molecule has 5 rings (SSSR count). The predicted molar refractivity (Wildman–Crippen MR) is 85.7 cm³/mol. The van der Waals surface area contributed by atoms with Crippen LogP contribution in [0.5, 0.6) is 11.5 Å². The first-order valence-electron chi connectivity index (χ1n) is 8.40. The molecule has 2 bridgehead atoms. The van der Waals surface area contributed by atoms with E-state index in [2.05, 4.69) is 18.0 Å². The topological polar surface area (TPSA) is 65.8 Å². The van der Waals surface area contributed by atoms with Crippen molar-refractivity contribution in [3.63, 3.8) is 0 Å². The number of methoxy groups -OCH3 is 1. The highest BCUT2D eigenvalue weighted by Crippen LogP contribution is 2.64. The highest BCUT2D eigenvalue weighted by molar-refractivity contribution is 5.92. The predicted octanol–water partition coefficient (Wildman–Crippen LogP) is 1.50. The minimum atomic E-state index is -0.820. The minimum Gasteiger partial charge on any atom is -0.493 e. The van der Waals surface area contributed by atoms with E-state index in [1.807, 2.05) is 6.07 Å². The number of likely N-dealkylation sites (tertiary alicyclic amines) is 1. The van der Waals surface area contributed by atoms with Crippen LogP contribution in [-0.4, -0.2) is 54.2 Å². The first-order valence-corrected chi connectivity index (χ1v) is 8.40. The van der Waals surface area contributed by atoms with Gasteiger partial charge >= 0.3 is 0 Å². The Morgan fingerprint density at radius 2 is 2.22 bits per heavy atom. The van der Waals surface area contributed by atoms with Crippen LogP contribution < -0.4 is 9.47 Å². The highest BCUT2D eigenvalue weighted by atomic mass is 16.5. The van der Waals surface area contributed by atoms with Crippen LogP contribution in [0.3, 0.4) is 0 Å². The molecule has 4 atom stereocenters. The summed E-state index contributed by atoms with van der Waals surface area (Å²) in [6, 6.07) is 4.18. The number of benzene rings is 1. The SMILES string of the molecule is COc1ccc2c3c1O[C@H]1C(=N)CC[C@@]4(O)[C@@H](C2)N(C)CC[C@]314. The summed E-state index contributed by atoms with van der Waals surface area (Å²) in [5.41, 5.74) is 1.69. The van der Waals surface area contributed by atoms with Gasteiger partial charge in [-0.15, -0.1) is 0 Å². The lowest BCUT2D eigenvalue weighted by Crippen LogP contribution is -2.76. The average Bonchev–Trinajstić information content (AvgIpc) is 2.90. The first kappa shape index (κ1) is 13.8. The summed E-state index contributed by atoms with van der Waals surface area (Å²) in [5.74, 6) is 1.49. The molecule has 0 unspecified atom stereocenters. The number of rotatable bonds is 1. The molecular weight excluding hydrogens is 292 g/mol. The summed E-state index contributed by atoms with van der Waals surface area (Å²) in [5, 5.41) is 20.3. The van der Waals surface area contributed by atoms with E-state index in [1.54, 1.807) is 7.11 Å². The van der Waals surface area contributed by atoms with E-state index in [1.165, 1.54) is 5.56 Å². The van der Waals surface area contributed by atoms with E-state index >= 15 is 0 Å². The number of piperidine rings is 1. The molecule has 0 aromatic heterocycles.